The quantitative estimate of drug-likeness (QED) is 0.354. The van der Waals surface area contributed by atoms with Gasteiger partial charge in [-0.15, -0.1) is 10.2 Å². The van der Waals surface area contributed by atoms with Crippen molar-refractivity contribution >= 4 is 51.8 Å². The van der Waals surface area contributed by atoms with E-state index in [1.165, 1.54) is 17.3 Å². The summed E-state index contributed by atoms with van der Waals surface area (Å²) in [5.41, 5.74) is 8.80. The van der Waals surface area contributed by atoms with E-state index in [4.69, 9.17) is 22.3 Å². The first kappa shape index (κ1) is 26.4. The Bertz CT molecular complexity index is 1560. The van der Waals surface area contributed by atoms with Gasteiger partial charge in [-0.05, 0) is 63.1 Å². The van der Waals surface area contributed by atoms with Crippen LogP contribution in [-0.4, -0.2) is 51.6 Å². The molecule has 2 aliphatic rings. The first-order valence-corrected chi connectivity index (χ1v) is 15.1. The number of hydrogen-bond acceptors (Lipinski definition) is 9. The molecule has 4 aromatic heterocycles. The highest BCUT2D eigenvalue weighted by Crippen LogP contribution is 2.52. The van der Waals surface area contributed by atoms with Gasteiger partial charge in [0.2, 0.25) is 5.95 Å². The third-order valence-corrected chi connectivity index (χ3v) is 10.7. The lowest BCUT2D eigenvalue weighted by molar-refractivity contribution is 0.176. The van der Waals surface area contributed by atoms with Crippen LogP contribution < -0.4 is 15.4 Å². The van der Waals surface area contributed by atoms with Gasteiger partial charge >= 0.3 is 0 Å². The summed E-state index contributed by atoms with van der Waals surface area (Å²) in [7, 11) is -1.19. The zero-order valence-electron chi connectivity index (χ0n) is 22.0. The van der Waals surface area contributed by atoms with E-state index in [9.17, 15) is 4.21 Å². The van der Waals surface area contributed by atoms with Crippen molar-refractivity contribution in [2.45, 2.75) is 60.6 Å². The number of aromatic nitrogens is 6. The second-order valence-corrected chi connectivity index (χ2v) is 14.5. The van der Waals surface area contributed by atoms with Crippen molar-refractivity contribution in [1.82, 2.24) is 34.3 Å². The van der Waals surface area contributed by atoms with Crippen LogP contribution >= 0.6 is 23.4 Å². The minimum atomic E-state index is -1.19. The van der Waals surface area contributed by atoms with Gasteiger partial charge in [0.05, 0.1) is 31.7 Å². The summed E-state index contributed by atoms with van der Waals surface area (Å²) in [4.78, 5) is 17.4. The third kappa shape index (κ3) is 4.77. The summed E-state index contributed by atoms with van der Waals surface area (Å²) in [6, 6.07) is 5.91. The Morgan fingerprint density at radius 2 is 1.95 bits per heavy atom. The smallest absolute Gasteiger partial charge is 0.212 e. The number of nitrogens with one attached hydrogen (secondary N) is 1. The van der Waals surface area contributed by atoms with Crippen molar-refractivity contribution in [1.29, 1.82) is 0 Å². The van der Waals surface area contributed by atoms with Crippen LogP contribution in [0.3, 0.4) is 0 Å². The predicted octanol–water partition coefficient (Wildman–Crippen LogP) is 4.24. The molecule has 39 heavy (non-hydrogen) atoms. The third-order valence-electron chi connectivity index (χ3n) is 7.57. The molecule has 0 unspecified atom stereocenters. The Kier molecular flexibility index (Phi) is 6.77. The second-order valence-electron chi connectivity index (χ2n) is 11.1. The lowest BCUT2D eigenvalue weighted by Gasteiger charge is -2.44. The second kappa shape index (κ2) is 9.99. The molecule has 0 bridgehead atoms. The minimum absolute atomic E-state index is 0.0115. The van der Waals surface area contributed by atoms with Crippen LogP contribution in [-0.2, 0) is 17.4 Å². The fraction of sp³-hybridized carbons (Fsp3) is 0.423. The van der Waals surface area contributed by atoms with Crippen LogP contribution in [0.5, 0.6) is 0 Å². The van der Waals surface area contributed by atoms with Gasteiger partial charge in [-0.1, -0.05) is 29.4 Å². The van der Waals surface area contributed by atoms with E-state index in [1.807, 2.05) is 49.7 Å². The van der Waals surface area contributed by atoms with Gasteiger partial charge in [0.1, 0.15) is 12.1 Å². The van der Waals surface area contributed by atoms with Crippen molar-refractivity contribution in [3.63, 3.8) is 0 Å². The van der Waals surface area contributed by atoms with E-state index >= 15 is 0 Å². The van der Waals surface area contributed by atoms with E-state index in [0.717, 1.165) is 53.8 Å². The molecule has 1 fully saturated rings. The molecule has 10 nitrogen and oxygen atoms in total. The molecule has 204 valence electrons. The molecular weight excluding hydrogens is 554 g/mol. The highest BCUT2D eigenvalue weighted by Gasteiger charge is 2.49. The fourth-order valence-corrected chi connectivity index (χ4v) is 7.51. The molecule has 2 atom stereocenters. The van der Waals surface area contributed by atoms with E-state index in [1.54, 1.807) is 12.5 Å². The predicted molar refractivity (Wildman–Crippen MR) is 154 cm³/mol. The molecule has 1 aliphatic heterocycles. The van der Waals surface area contributed by atoms with Gasteiger partial charge in [0.25, 0.3) is 0 Å². The lowest BCUT2D eigenvalue weighted by Crippen LogP contribution is -2.48. The minimum Gasteiger partial charge on any atom is -0.382 e. The summed E-state index contributed by atoms with van der Waals surface area (Å²) in [5, 5.41) is 8.96. The Balaban J connectivity index is 1.25. The summed E-state index contributed by atoms with van der Waals surface area (Å²) < 4.78 is 18.2. The number of fused-ring (bicyclic) bond motifs is 2. The fourth-order valence-electron chi connectivity index (χ4n) is 5.45. The van der Waals surface area contributed by atoms with Crippen LogP contribution in [0.1, 0.15) is 50.9 Å². The number of piperidine rings is 1. The first-order valence-electron chi connectivity index (χ1n) is 12.8. The zero-order valence-corrected chi connectivity index (χ0v) is 24.4. The van der Waals surface area contributed by atoms with Crippen molar-refractivity contribution in [2.24, 2.45) is 5.41 Å². The topological polar surface area (TPSA) is 127 Å². The highest BCUT2D eigenvalue weighted by molar-refractivity contribution is 7.99. The molecular formula is C26H30ClN9OS2. The van der Waals surface area contributed by atoms with E-state index < -0.39 is 11.0 Å². The number of nitrogens with two attached hydrogens (primary N) is 1. The Labute approximate surface area is 238 Å². The van der Waals surface area contributed by atoms with Gasteiger partial charge < -0.3 is 10.6 Å². The van der Waals surface area contributed by atoms with Crippen LogP contribution in [0.4, 0.5) is 11.8 Å². The molecule has 13 heteroatoms. The van der Waals surface area contributed by atoms with Crippen LogP contribution in [0, 0.1) is 5.41 Å². The van der Waals surface area contributed by atoms with Crippen LogP contribution in [0.25, 0.3) is 5.65 Å². The molecule has 1 saturated heterocycles. The summed E-state index contributed by atoms with van der Waals surface area (Å²) in [6.45, 7) is 7.60. The van der Waals surface area contributed by atoms with E-state index in [2.05, 4.69) is 35.9 Å². The molecule has 5 heterocycles. The van der Waals surface area contributed by atoms with Crippen molar-refractivity contribution in [3.05, 3.63) is 59.4 Å². The number of halogens is 1. The number of hydrogen-bond donors (Lipinski definition) is 2. The van der Waals surface area contributed by atoms with Crippen molar-refractivity contribution in [3.8, 4) is 0 Å². The monoisotopic (exact) mass is 583 g/mol. The van der Waals surface area contributed by atoms with E-state index in [-0.39, 0.29) is 22.0 Å². The number of rotatable bonds is 5. The number of nitrogens with zero attached hydrogens (tertiary/aromatic N) is 7. The van der Waals surface area contributed by atoms with Crippen LogP contribution in [0.15, 0.2) is 52.9 Å². The standard InChI is InChI=1S/C26H30ClN9OS2/c1-25(2,3)39(37)34-21-16-5-4-9-29-17(16)13-26(21)7-11-35(12-8-26)24-31-14-19(23-33-32-15-36(23)24)38-18-6-10-30-22(28)20(18)27/h4-6,9-10,14-15,21,34H,7-8,11-13H2,1-3H3,(H2,28,30)/t21-,39-/m1/s1. The summed E-state index contributed by atoms with van der Waals surface area (Å²) in [6.07, 6.45) is 9.69. The normalized spacial score (nSPS) is 19.5. The average molecular weight is 584 g/mol. The number of anilines is 2. The number of nitrogen functional groups attached to an aromatic ring is 1. The zero-order chi connectivity index (χ0) is 27.4. The maximum absolute atomic E-state index is 13.2. The highest BCUT2D eigenvalue weighted by atomic mass is 35.5. The van der Waals surface area contributed by atoms with Crippen molar-refractivity contribution in [2.75, 3.05) is 23.7 Å². The molecule has 0 saturated carbocycles. The van der Waals surface area contributed by atoms with Gasteiger partial charge in [0.15, 0.2) is 5.65 Å². The lowest BCUT2D eigenvalue weighted by atomic mass is 9.73. The molecule has 1 aliphatic carbocycles. The first-order chi connectivity index (χ1) is 18.7. The Hall–Kier alpha value is -2.80. The summed E-state index contributed by atoms with van der Waals surface area (Å²) in [5.74, 6) is 1.08. The van der Waals surface area contributed by atoms with Gasteiger partial charge in [-0.25, -0.2) is 23.3 Å². The Morgan fingerprint density at radius 3 is 2.72 bits per heavy atom. The Morgan fingerprint density at radius 1 is 1.15 bits per heavy atom. The van der Waals surface area contributed by atoms with E-state index in [0.29, 0.717) is 10.7 Å². The number of pyridine rings is 2. The van der Waals surface area contributed by atoms with Gasteiger partial charge in [0, 0.05) is 42.3 Å². The molecule has 0 radical (unpaired) electrons. The molecule has 4 aromatic rings. The van der Waals surface area contributed by atoms with Gasteiger partial charge in [-0.3, -0.25) is 4.98 Å². The molecule has 0 aromatic carbocycles. The summed E-state index contributed by atoms with van der Waals surface area (Å²) >= 11 is 7.81. The average Bonchev–Trinajstić information content (AvgIpc) is 3.51. The molecule has 0 amide bonds. The largest absolute Gasteiger partial charge is 0.382 e. The molecule has 6 rings (SSSR count). The molecule has 1 spiro atoms. The maximum atomic E-state index is 13.2. The molecule has 3 N–H and O–H groups in total. The maximum Gasteiger partial charge on any atom is 0.212 e. The van der Waals surface area contributed by atoms with Gasteiger partial charge in [-0.2, -0.15) is 0 Å². The van der Waals surface area contributed by atoms with Crippen LogP contribution in [0.2, 0.25) is 5.02 Å². The SMILES string of the molecule is CC(C)(C)[S@@](=O)N[C@@H]1c2cccnc2CC12CCN(c1ncc(Sc3ccnc(N)c3Cl)c3nncn13)CC2. The van der Waals surface area contributed by atoms with Crippen molar-refractivity contribution < 1.29 is 4.21 Å².